The van der Waals surface area contributed by atoms with Crippen molar-refractivity contribution in [3.63, 3.8) is 0 Å². The Kier molecular flexibility index (Phi) is 6.82. The van der Waals surface area contributed by atoms with E-state index in [9.17, 15) is 9.59 Å². The number of hydrogen-bond acceptors (Lipinski definition) is 4. The van der Waals surface area contributed by atoms with Gasteiger partial charge in [0.1, 0.15) is 11.5 Å². The summed E-state index contributed by atoms with van der Waals surface area (Å²) < 4.78 is 11.5. The minimum absolute atomic E-state index is 0.201. The molecule has 2 atom stereocenters. The lowest BCUT2D eigenvalue weighted by Gasteiger charge is -2.20. The monoisotopic (exact) mass is 438 g/mol. The Balaban J connectivity index is 1.87. The molecule has 6 nitrogen and oxygen atoms in total. The fourth-order valence-electron chi connectivity index (χ4n) is 2.99. The van der Waals surface area contributed by atoms with Gasteiger partial charge >= 0.3 is 0 Å². The molecule has 2 amide bonds. The number of primary amides is 2. The maximum absolute atomic E-state index is 12.1. The molecule has 0 aliphatic rings. The number of amides is 2. The first-order valence-electron chi connectivity index (χ1n) is 9.59. The number of halogens is 1. The van der Waals surface area contributed by atoms with E-state index in [1.807, 2.05) is 38.1 Å². The van der Waals surface area contributed by atoms with Crippen molar-refractivity contribution in [2.24, 2.45) is 11.5 Å². The number of aryl methyl sites for hydroxylation is 2. The number of carbonyl (C=O) groups is 2. The molecule has 160 valence electrons. The summed E-state index contributed by atoms with van der Waals surface area (Å²) in [4.78, 5) is 24.1. The van der Waals surface area contributed by atoms with Crippen molar-refractivity contribution in [3.05, 3.63) is 94.0 Å². The molecule has 4 N–H and O–H groups in total. The number of nitrogens with two attached hydrogens (primary N) is 2. The van der Waals surface area contributed by atoms with Crippen molar-refractivity contribution in [2.75, 3.05) is 0 Å². The normalized spacial score (nSPS) is 12.6. The molecule has 0 radical (unpaired) electrons. The first kappa shape index (κ1) is 22.2. The van der Waals surface area contributed by atoms with Crippen LogP contribution in [0.4, 0.5) is 0 Å². The smallest absolute Gasteiger partial charge is 0.263 e. The van der Waals surface area contributed by atoms with Gasteiger partial charge in [-0.15, -0.1) is 0 Å². The number of rotatable bonds is 8. The largest absolute Gasteiger partial charge is 0.476 e. The maximum Gasteiger partial charge on any atom is 0.263 e. The summed E-state index contributed by atoms with van der Waals surface area (Å²) in [6.07, 6.45) is -2.16. The molecule has 0 aromatic heterocycles. The number of benzene rings is 3. The van der Waals surface area contributed by atoms with E-state index in [2.05, 4.69) is 0 Å². The van der Waals surface area contributed by atoms with Crippen LogP contribution in [0.25, 0.3) is 0 Å². The Bertz CT molecular complexity index is 1080. The van der Waals surface area contributed by atoms with E-state index in [1.54, 1.807) is 36.4 Å². The van der Waals surface area contributed by atoms with Crippen LogP contribution in [0.1, 0.15) is 34.5 Å². The van der Waals surface area contributed by atoms with Crippen LogP contribution in [0.15, 0.2) is 66.7 Å². The van der Waals surface area contributed by atoms with Crippen LogP contribution in [0, 0.1) is 13.8 Å². The summed E-state index contributed by atoms with van der Waals surface area (Å²) in [5, 5.41) is 0.201. The summed E-state index contributed by atoms with van der Waals surface area (Å²) >= 11 is 6.44. The van der Waals surface area contributed by atoms with Gasteiger partial charge in [-0.25, -0.2) is 0 Å². The molecule has 7 heteroatoms. The van der Waals surface area contributed by atoms with Crippen LogP contribution >= 0.6 is 11.6 Å². The molecule has 0 spiro atoms. The van der Waals surface area contributed by atoms with E-state index < -0.39 is 24.0 Å². The van der Waals surface area contributed by atoms with Crippen molar-refractivity contribution in [1.82, 2.24) is 0 Å². The lowest BCUT2D eigenvalue weighted by atomic mass is 10.0. The SMILES string of the molecule is Cc1ccc(OC(C(N)=O)c2ccc(C(Oc3ccc(C)cc3)C(N)=O)c(Cl)c2)cc1. The van der Waals surface area contributed by atoms with E-state index in [1.165, 1.54) is 6.07 Å². The zero-order valence-electron chi connectivity index (χ0n) is 17.2. The van der Waals surface area contributed by atoms with Crippen LogP contribution in [-0.2, 0) is 9.59 Å². The van der Waals surface area contributed by atoms with Crippen LogP contribution in [-0.4, -0.2) is 11.8 Å². The second-order valence-electron chi connectivity index (χ2n) is 7.21. The van der Waals surface area contributed by atoms with Gasteiger partial charge in [-0.05, 0) is 44.2 Å². The Morgan fingerprint density at radius 3 is 1.61 bits per heavy atom. The Labute approximate surface area is 185 Å². The second-order valence-corrected chi connectivity index (χ2v) is 7.61. The number of ether oxygens (including phenoxy) is 2. The van der Waals surface area contributed by atoms with Crippen molar-refractivity contribution in [2.45, 2.75) is 26.1 Å². The summed E-state index contributed by atoms with van der Waals surface area (Å²) in [7, 11) is 0. The molecule has 0 saturated carbocycles. The summed E-state index contributed by atoms with van der Waals surface area (Å²) in [5.74, 6) is -0.399. The topological polar surface area (TPSA) is 105 Å². The molecule has 3 aromatic carbocycles. The molecule has 3 rings (SSSR count). The van der Waals surface area contributed by atoms with Crippen LogP contribution in [0.5, 0.6) is 11.5 Å². The zero-order valence-corrected chi connectivity index (χ0v) is 17.9. The first-order chi connectivity index (χ1) is 14.7. The fraction of sp³-hybridized carbons (Fsp3) is 0.167. The summed E-state index contributed by atoms with van der Waals surface area (Å²) in [5.41, 5.74) is 14.0. The molecular formula is C24H23ClN2O4. The number of carbonyl (C=O) groups excluding carboxylic acids is 2. The highest BCUT2D eigenvalue weighted by molar-refractivity contribution is 6.31. The Morgan fingerprint density at radius 1 is 0.742 bits per heavy atom. The van der Waals surface area contributed by atoms with Crippen molar-refractivity contribution < 1.29 is 19.1 Å². The van der Waals surface area contributed by atoms with Gasteiger partial charge in [-0.3, -0.25) is 9.59 Å². The van der Waals surface area contributed by atoms with E-state index in [0.29, 0.717) is 22.6 Å². The minimum atomic E-state index is -1.10. The molecule has 0 aliphatic carbocycles. The molecular weight excluding hydrogens is 416 g/mol. The van der Waals surface area contributed by atoms with Crippen molar-refractivity contribution in [3.8, 4) is 11.5 Å². The molecule has 0 bridgehead atoms. The van der Waals surface area contributed by atoms with Crippen LogP contribution in [0.3, 0.4) is 0 Å². The van der Waals surface area contributed by atoms with E-state index in [4.69, 9.17) is 32.5 Å². The number of hydrogen-bond donors (Lipinski definition) is 2. The fourth-order valence-corrected chi connectivity index (χ4v) is 3.28. The third-order valence-corrected chi connectivity index (χ3v) is 5.00. The minimum Gasteiger partial charge on any atom is -0.476 e. The van der Waals surface area contributed by atoms with Gasteiger partial charge in [-0.2, -0.15) is 0 Å². The average molecular weight is 439 g/mol. The molecule has 31 heavy (non-hydrogen) atoms. The van der Waals surface area contributed by atoms with E-state index >= 15 is 0 Å². The standard InChI is InChI=1S/C24H23ClN2O4/c1-14-3-8-17(9-4-14)30-21(23(26)28)16-7-12-19(20(25)13-16)22(24(27)29)31-18-10-5-15(2)6-11-18/h3-13,21-22H,1-2H3,(H2,26,28)(H2,27,29). The van der Waals surface area contributed by atoms with Gasteiger partial charge < -0.3 is 20.9 Å². The van der Waals surface area contributed by atoms with Crippen LogP contribution in [0.2, 0.25) is 5.02 Å². The molecule has 2 unspecified atom stereocenters. The maximum atomic E-state index is 12.1. The van der Waals surface area contributed by atoms with Gasteiger partial charge in [0, 0.05) is 16.1 Å². The van der Waals surface area contributed by atoms with Gasteiger partial charge in [-0.1, -0.05) is 59.1 Å². The van der Waals surface area contributed by atoms with Gasteiger partial charge in [0.25, 0.3) is 11.8 Å². The molecule has 0 fully saturated rings. The lowest BCUT2D eigenvalue weighted by Crippen LogP contribution is -2.27. The van der Waals surface area contributed by atoms with Gasteiger partial charge in [0.15, 0.2) is 0 Å². The highest BCUT2D eigenvalue weighted by atomic mass is 35.5. The predicted molar refractivity (Wildman–Crippen MR) is 119 cm³/mol. The Hall–Kier alpha value is -3.51. The summed E-state index contributed by atoms with van der Waals surface area (Å²) in [6.45, 7) is 3.89. The Morgan fingerprint density at radius 2 is 1.19 bits per heavy atom. The van der Waals surface area contributed by atoms with Gasteiger partial charge in [0.05, 0.1) is 0 Å². The molecule has 0 heterocycles. The second kappa shape index (κ2) is 9.53. The van der Waals surface area contributed by atoms with Gasteiger partial charge in [0.2, 0.25) is 12.2 Å². The lowest BCUT2D eigenvalue weighted by molar-refractivity contribution is -0.125. The van der Waals surface area contributed by atoms with E-state index in [0.717, 1.165) is 11.1 Å². The average Bonchev–Trinajstić information content (AvgIpc) is 2.73. The predicted octanol–water partition coefficient (Wildman–Crippen LogP) is 4.17. The quantitative estimate of drug-likeness (QED) is 0.550. The molecule has 0 saturated heterocycles. The zero-order chi connectivity index (χ0) is 22.5. The third kappa shape index (κ3) is 5.55. The first-order valence-corrected chi connectivity index (χ1v) is 9.97. The highest BCUT2D eigenvalue weighted by Crippen LogP contribution is 2.31. The highest BCUT2D eigenvalue weighted by Gasteiger charge is 2.26. The third-order valence-electron chi connectivity index (χ3n) is 4.68. The molecule has 0 aliphatic heterocycles. The van der Waals surface area contributed by atoms with Crippen molar-refractivity contribution in [1.29, 1.82) is 0 Å². The van der Waals surface area contributed by atoms with Crippen molar-refractivity contribution >= 4 is 23.4 Å². The molecule has 3 aromatic rings. The van der Waals surface area contributed by atoms with E-state index in [-0.39, 0.29) is 5.02 Å². The van der Waals surface area contributed by atoms with Crippen LogP contribution < -0.4 is 20.9 Å². The summed E-state index contributed by atoms with van der Waals surface area (Å²) in [6, 6.07) is 19.1.